The molecule has 9 nitrogen and oxygen atoms in total. The smallest absolute Gasteiger partial charge is 0.408 e. The molecule has 188 valence electrons. The highest BCUT2D eigenvalue weighted by Crippen LogP contribution is 2.36. The van der Waals surface area contributed by atoms with E-state index in [9.17, 15) is 14.4 Å². The summed E-state index contributed by atoms with van der Waals surface area (Å²) in [6.07, 6.45) is 1.58. The van der Waals surface area contributed by atoms with Crippen LogP contribution in [0.2, 0.25) is 0 Å². The zero-order valence-electron chi connectivity index (χ0n) is 20.5. The number of morpholine rings is 1. The van der Waals surface area contributed by atoms with Gasteiger partial charge in [-0.15, -0.1) is 0 Å². The van der Waals surface area contributed by atoms with Gasteiger partial charge in [-0.05, 0) is 52.1 Å². The number of nitrogens with zero attached hydrogens (tertiary/aromatic N) is 1. The van der Waals surface area contributed by atoms with Crippen LogP contribution >= 0.6 is 0 Å². The van der Waals surface area contributed by atoms with E-state index in [-0.39, 0.29) is 11.8 Å². The summed E-state index contributed by atoms with van der Waals surface area (Å²) in [6.45, 7) is 10.0. The molecule has 1 saturated heterocycles. The van der Waals surface area contributed by atoms with E-state index < -0.39 is 23.3 Å². The van der Waals surface area contributed by atoms with Gasteiger partial charge in [-0.3, -0.25) is 14.5 Å². The van der Waals surface area contributed by atoms with Gasteiger partial charge in [-0.2, -0.15) is 0 Å². The van der Waals surface area contributed by atoms with Crippen LogP contribution in [0, 0.1) is 0 Å². The lowest BCUT2D eigenvalue weighted by Gasteiger charge is -2.27. The second-order valence-electron chi connectivity index (χ2n) is 10.0. The summed E-state index contributed by atoms with van der Waals surface area (Å²) in [5.41, 5.74) is -0.734. The van der Waals surface area contributed by atoms with Crippen molar-refractivity contribution in [3.8, 4) is 0 Å². The number of alkyl carbamates (subject to hydrolysis) is 1. The largest absolute Gasteiger partial charge is 0.444 e. The molecule has 1 aromatic carbocycles. The first-order valence-corrected chi connectivity index (χ1v) is 12.1. The van der Waals surface area contributed by atoms with Crippen molar-refractivity contribution in [3.05, 3.63) is 35.9 Å². The molecule has 1 aromatic rings. The molecule has 1 saturated carbocycles. The third-order valence-electron chi connectivity index (χ3n) is 5.88. The Hall–Kier alpha value is -2.65. The van der Waals surface area contributed by atoms with Crippen LogP contribution < -0.4 is 16.0 Å². The summed E-state index contributed by atoms with van der Waals surface area (Å²) in [7, 11) is 0. The van der Waals surface area contributed by atoms with Crippen LogP contribution in [0.15, 0.2) is 30.3 Å². The van der Waals surface area contributed by atoms with E-state index in [0.29, 0.717) is 25.8 Å². The predicted octanol–water partition coefficient (Wildman–Crippen LogP) is 1.61. The Morgan fingerprint density at radius 3 is 2.41 bits per heavy atom. The molecule has 1 heterocycles. The fraction of sp³-hybridized carbons (Fsp3) is 0.640. The van der Waals surface area contributed by atoms with Gasteiger partial charge in [-0.1, -0.05) is 30.3 Å². The molecule has 9 heteroatoms. The minimum Gasteiger partial charge on any atom is -0.444 e. The molecule has 0 unspecified atom stereocenters. The third-order valence-corrected chi connectivity index (χ3v) is 5.88. The summed E-state index contributed by atoms with van der Waals surface area (Å²) in [6, 6.07) is 8.83. The number of nitrogens with one attached hydrogen (secondary N) is 3. The van der Waals surface area contributed by atoms with Crippen molar-refractivity contribution in [2.45, 2.75) is 63.6 Å². The monoisotopic (exact) mass is 474 g/mol. The lowest BCUT2D eigenvalue weighted by atomic mass is 10.0. The van der Waals surface area contributed by atoms with Crippen molar-refractivity contribution in [1.82, 2.24) is 20.9 Å². The van der Waals surface area contributed by atoms with Gasteiger partial charge in [0.05, 0.1) is 13.2 Å². The summed E-state index contributed by atoms with van der Waals surface area (Å²) < 4.78 is 10.7. The summed E-state index contributed by atoms with van der Waals surface area (Å²) in [5, 5.41) is 8.55. The zero-order valence-corrected chi connectivity index (χ0v) is 20.5. The molecule has 0 aromatic heterocycles. The Morgan fingerprint density at radius 1 is 1.12 bits per heavy atom. The van der Waals surface area contributed by atoms with Crippen molar-refractivity contribution in [1.29, 1.82) is 0 Å². The van der Waals surface area contributed by atoms with Gasteiger partial charge in [0, 0.05) is 26.1 Å². The lowest BCUT2D eigenvalue weighted by molar-refractivity contribution is -0.130. The normalized spacial score (nSPS) is 18.4. The van der Waals surface area contributed by atoms with Gasteiger partial charge >= 0.3 is 6.09 Å². The summed E-state index contributed by atoms with van der Waals surface area (Å²) in [5.74, 6) is -0.588. The van der Waals surface area contributed by atoms with Crippen LogP contribution in [0.4, 0.5) is 4.79 Å². The standard InChI is InChI=1S/C25H38N4O5/c1-24(2,3)34-23(32)28-25(10-11-25)22(31)27-20(18-19-8-5-4-6-9-19)21(30)26-12-7-13-29-14-16-33-17-15-29/h4-6,8-9,20H,7,10-18H2,1-3H3,(H,26,30)(H,27,31)(H,28,32)/t20-/m1/s1. The van der Waals surface area contributed by atoms with Crippen LogP contribution in [0.1, 0.15) is 45.6 Å². The number of hydrogen-bond donors (Lipinski definition) is 3. The molecule has 3 amide bonds. The molecular weight excluding hydrogens is 436 g/mol. The average molecular weight is 475 g/mol. The van der Waals surface area contributed by atoms with Crippen LogP contribution in [-0.4, -0.2) is 79.4 Å². The summed E-state index contributed by atoms with van der Waals surface area (Å²) in [4.78, 5) is 40.7. The molecule has 1 atom stereocenters. The predicted molar refractivity (Wildman–Crippen MR) is 128 cm³/mol. The van der Waals surface area contributed by atoms with Gasteiger partial charge in [-0.25, -0.2) is 4.79 Å². The Labute approximate surface area is 201 Å². The number of benzene rings is 1. The topological polar surface area (TPSA) is 109 Å². The first kappa shape index (κ1) is 26.0. The van der Waals surface area contributed by atoms with Crippen LogP contribution in [0.3, 0.4) is 0 Å². The minimum atomic E-state index is -1.02. The highest BCUT2D eigenvalue weighted by atomic mass is 16.6. The van der Waals surface area contributed by atoms with Gasteiger partial charge in [0.15, 0.2) is 0 Å². The number of ether oxygens (including phenoxy) is 2. The Bertz CT molecular complexity index is 829. The van der Waals surface area contributed by atoms with E-state index in [1.807, 2.05) is 30.3 Å². The molecule has 3 rings (SSSR count). The van der Waals surface area contributed by atoms with Gasteiger partial charge < -0.3 is 25.4 Å². The molecule has 0 radical (unpaired) electrons. The van der Waals surface area contributed by atoms with E-state index in [4.69, 9.17) is 9.47 Å². The second kappa shape index (κ2) is 11.7. The number of hydrogen-bond acceptors (Lipinski definition) is 6. The highest BCUT2D eigenvalue weighted by Gasteiger charge is 2.52. The van der Waals surface area contributed by atoms with Crippen molar-refractivity contribution in [3.63, 3.8) is 0 Å². The number of rotatable bonds is 10. The first-order valence-electron chi connectivity index (χ1n) is 12.1. The molecule has 3 N–H and O–H groups in total. The van der Waals surface area contributed by atoms with E-state index in [1.54, 1.807) is 20.8 Å². The van der Waals surface area contributed by atoms with Crippen LogP contribution in [0.25, 0.3) is 0 Å². The minimum absolute atomic E-state index is 0.229. The molecule has 1 aliphatic heterocycles. The second-order valence-corrected chi connectivity index (χ2v) is 10.0. The fourth-order valence-corrected chi connectivity index (χ4v) is 3.85. The van der Waals surface area contributed by atoms with Crippen molar-refractivity contribution in [2.75, 3.05) is 39.4 Å². The Kier molecular flexibility index (Phi) is 8.90. The SMILES string of the molecule is CC(C)(C)OC(=O)NC1(C(=O)N[C@H](Cc2ccccc2)C(=O)NCCCN2CCOCC2)CC1. The van der Waals surface area contributed by atoms with Gasteiger partial charge in [0.1, 0.15) is 17.2 Å². The molecule has 2 fully saturated rings. The first-order chi connectivity index (χ1) is 16.2. The summed E-state index contributed by atoms with van der Waals surface area (Å²) >= 11 is 0. The number of carbonyl (C=O) groups is 3. The highest BCUT2D eigenvalue weighted by molar-refractivity contribution is 5.96. The van der Waals surface area contributed by atoms with E-state index >= 15 is 0 Å². The van der Waals surface area contributed by atoms with Crippen molar-refractivity contribution < 1.29 is 23.9 Å². The van der Waals surface area contributed by atoms with Crippen molar-refractivity contribution >= 4 is 17.9 Å². The van der Waals surface area contributed by atoms with Gasteiger partial charge in [0.25, 0.3) is 0 Å². The molecule has 0 bridgehead atoms. The number of amides is 3. The number of carbonyl (C=O) groups excluding carboxylic acids is 3. The van der Waals surface area contributed by atoms with Crippen LogP contribution in [-0.2, 0) is 25.5 Å². The quantitative estimate of drug-likeness (QED) is 0.445. The molecule has 1 aliphatic carbocycles. The van der Waals surface area contributed by atoms with E-state index in [2.05, 4.69) is 20.9 Å². The molecular formula is C25H38N4O5. The zero-order chi connectivity index (χ0) is 24.6. The third kappa shape index (κ3) is 8.29. The fourth-order valence-electron chi connectivity index (χ4n) is 3.85. The maximum absolute atomic E-state index is 13.1. The molecule has 0 spiro atoms. The molecule has 2 aliphatic rings. The average Bonchev–Trinajstić information content (AvgIpc) is 3.56. The van der Waals surface area contributed by atoms with Crippen molar-refractivity contribution in [2.24, 2.45) is 0 Å². The maximum Gasteiger partial charge on any atom is 0.408 e. The van der Waals surface area contributed by atoms with E-state index in [1.165, 1.54) is 0 Å². The Morgan fingerprint density at radius 2 is 1.79 bits per heavy atom. The Balaban J connectivity index is 1.55. The van der Waals surface area contributed by atoms with Crippen LogP contribution in [0.5, 0.6) is 0 Å². The molecule has 34 heavy (non-hydrogen) atoms. The lowest BCUT2D eigenvalue weighted by Crippen LogP contribution is -2.56. The van der Waals surface area contributed by atoms with E-state index in [0.717, 1.165) is 44.8 Å². The maximum atomic E-state index is 13.1. The van der Waals surface area contributed by atoms with Gasteiger partial charge in [0.2, 0.25) is 11.8 Å².